The van der Waals surface area contributed by atoms with Crippen molar-refractivity contribution in [1.82, 2.24) is 9.88 Å². The SMILES string of the molecule is O=C(Cc1csc(-c2ccc(C(F)(F)F)cc2)n1)Nc1cccc(C(=O)N2CCCC2)c1. The molecule has 3 aromatic rings. The number of likely N-dealkylation sites (tertiary alicyclic amines) is 1. The minimum atomic E-state index is -4.39. The molecule has 166 valence electrons. The summed E-state index contributed by atoms with van der Waals surface area (Å²) in [5.41, 5.74) is 1.42. The number of alkyl halides is 3. The summed E-state index contributed by atoms with van der Waals surface area (Å²) in [6.07, 6.45) is -2.36. The van der Waals surface area contributed by atoms with E-state index in [9.17, 15) is 22.8 Å². The van der Waals surface area contributed by atoms with Gasteiger partial charge >= 0.3 is 6.18 Å². The lowest BCUT2D eigenvalue weighted by atomic mass is 10.1. The Balaban J connectivity index is 1.38. The smallest absolute Gasteiger partial charge is 0.339 e. The number of hydrogen-bond donors (Lipinski definition) is 1. The number of nitrogens with zero attached hydrogens (tertiary/aromatic N) is 2. The number of amides is 2. The predicted octanol–water partition coefficient (Wildman–Crippen LogP) is 5.25. The van der Waals surface area contributed by atoms with Crippen LogP contribution in [0.1, 0.15) is 34.5 Å². The molecule has 32 heavy (non-hydrogen) atoms. The van der Waals surface area contributed by atoms with Crippen molar-refractivity contribution in [2.45, 2.75) is 25.4 Å². The summed E-state index contributed by atoms with van der Waals surface area (Å²) in [7, 11) is 0. The molecule has 9 heteroatoms. The normalized spacial score (nSPS) is 13.9. The number of nitrogens with one attached hydrogen (secondary N) is 1. The first kappa shape index (κ1) is 22.0. The first-order chi connectivity index (χ1) is 15.3. The second-order valence-electron chi connectivity index (χ2n) is 7.52. The summed E-state index contributed by atoms with van der Waals surface area (Å²) in [4.78, 5) is 31.2. The highest BCUT2D eigenvalue weighted by Gasteiger charge is 2.30. The molecule has 0 aliphatic carbocycles. The monoisotopic (exact) mass is 459 g/mol. The average molecular weight is 459 g/mol. The molecule has 4 rings (SSSR count). The first-order valence-electron chi connectivity index (χ1n) is 10.1. The van der Waals surface area contributed by atoms with Crippen molar-refractivity contribution < 1.29 is 22.8 Å². The molecule has 0 spiro atoms. The molecule has 5 nitrogen and oxygen atoms in total. The molecular weight excluding hydrogens is 439 g/mol. The van der Waals surface area contributed by atoms with Crippen LogP contribution in [0.2, 0.25) is 0 Å². The molecule has 2 heterocycles. The average Bonchev–Trinajstić information content (AvgIpc) is 3.45. The first-order valence-corrected chi connectivity index (χ1v) is 11.0. The van der Waals surface area contributed by atoms with E-state index in [0.717, 1.165) is 38.1 Å². The van der Waals surface area contributed by atoms with Crippen LogP contribution in [0.5, 0.6) is 0 Å². The van der Waals surface area contributed by atoms with Gasteiger partial charge in [0.1, 0.15) is 5.01 Å². The summed E-state index contributed by atoms with van der Waals surface area (Å²) in [5.74, 6) is -0.334. The number of carbonyl (C=O) groups excluding carboxylic acids is 2. The number of anilines is 1. The molecule has 0 unspecified atom stereocenters. The fourth-order valence-corrected chi connectivity index (χ4v) is 4.35. The lowest BCUT2D eigenvalue weighted by Crippen LogP contribution is -2.27. The summed E-state index contributed by atoms with van der Waals surface area (Å²) in [6.45, 7) is 1.50. The van der Waals surface area contributed by atoms with Crippen molar-refractivity contribution in [2.24, 2.45) is 0 Å². The standard InChI is InChI=1S/C23H20F3N3O2S/c24-23(25,26)17-8-6-15(7-9-17)21-28-19(14-32-21)13-20(30)27-18-5-3-4-16(12-18)22(31)29-10-1-2-11-29/h3-9,12,14H,1-2,10-11,13H2,(H,27,30). The van der Waals surface area contributed by atoms with E-state index in [4.69, 9.17) is 0 Å². The van der Waals surface area contributed by atoms with Crippen LogP contribution in [0.4, 0.5) is 18.9 Å². The molecule has 2 amide bonds. The highest BCUT2D eigenvalue weighted by Crippen LogP contribution is 2.31. The van der Waals surface area contributed by atoms with Gasteiger partial charge in [0, 0.05) is 35.3 Å². The molecular formula is C23H20F3N3O2S. The highest BCUT2D eigenvalue weighted by atomic mass is 32.1. The third kappa shape index (κ3) is 5.16. The number of hydrogen-bond acceptors (Lipinski definition) is 4. The minimum absolute atomic E-state index is 0.0153. The molecule has 1 saturated heterocycles. The van der Waals surface area contributed by atoms with Crippen LogP contribution in [0.3, 0.4) is 0 Å². The maximum atomic E-state index is 12.7. The van der Waals surface area contributed by atoms with Crippen LogP contribution < -0.4 is 5.32 Å². The van der Waals surface area contributed by atoms with Gasteiger partial charge < -0.3 is 10.2 Å². The van der Waals surface area contributed by atoms with Gasteiger partial charge in [-0.15, -0.1) is 11.3 Å². The lowest BCUT2D eigenvalue weighted by Gasteiger charge is -2.15. The zero-order chi connectivity index (χ0) is 22.7. The van der Waals surface area contributed by atoms with Gasteiger partial charge in [-0.1, -0.05) is 18.2 Å². The molecule has 1 N–H and O–H groups in total. The van der Waals surface area contributed by atoms with Gasteiger partial charge in [-0.05, 0) is 43.2 Å². The van der Waals surface area contributed by atoms with Gasteiger partial charge in [0.15, 0.2) is 0 Å². The van der Waals surface area contributed by atoms with E-state index in [1.165, 1.54) is 23.5 Å². The Morgan fingerprint density at radius 1 is 1.06 bits per heavy atom. The van der Waals surface area contributed by atoms with Crippen molar-refractivity contribution in [3.05, 3.63) is 70.7 Å². The van der Waals surface area contributed by atoms with Crippen molar-refractivity contribution in [1.29, 1.82) is 0 Å². The van der Waals surface area contributed by atoms with Crippen molar-refractivity contribution >= 4 is 28.8 Å². The zero-order valence-electron chi connectivity index (χ0n) is 17.0. The van der Waals surface area contributed by atoms with E-state index in [-0.39, 0.29) is 18.2 Å². The summed E-state index contributed by atoms with van der Waals surface area (Å²) < 4.78 is 38.2. The van der Waals surface area contributed by atoms with E-state index in [1.807, 2.05) is 0 Å². The number of rotatable bonds is 5. The Morgan fingerprint density at radius 2 is 1.78 bits per heavy atom. The Morgan fingerprint density at radius 3 is 2.47 bits per heavy atom. The lowest BCUT2D eigenvalue weighted by molar-refractivity contribution is -0.137. The molecule has 1 aliphatic rings. The molecule has 1 aliphatic heterocycles. The molecule has 1 fully saturated rings. The maximum Gasteiger partial charge on any atom is 0.416 e. The van der Waals surface area contributed by atoms with E-state index >= 15 is 0 Å². The Bertz CT molecular complexity index is 1120. The van der Waals surface area contributed by atoms with Crippen LogP contribution in [-0.2, 0) is 17.4 Å². The van der Waals surface area contributed by atoms with Crippen LogP contribution in [0.25, 0.3) is 10.6 Å². The summed E-state index contributed by atoms with van der Waals surface area (Å²) >= 11 is 1.26. The number of halogens is 3. The van der Waals surface area contributed by atoms with E-state index < -0.39 is 11.7 Å². The number of benzene rings is 2. The Kier molecular flexibility index (Phi) is 6.27. The fourth-order valence-electron chi connectivity index (χ4n) is 3.53. The van der Waals surface area contributed by atoms with Crippen LogP contribution in [0.15, 0.2) is 53.9 Å². The Labute approximate surface area is 186 Å². The largest absolute Gasteiger partial charge is 0.416 e. The van der Waals surface area contributed by atoms with Crippen molar-refractivity contribution in [3.8, 4) is 10.6 Å². The van der Waals surface area contributed by atoms with Gasteiger partial charge in [0.2, 0.25) is 5.91 Å². The van der Waals surface area contributed by atoms with Gasteiger partial charge in [0.25, 0.3) is 5.91 Å². The van der Waals surface area contributed by atoms with Crippen LogP contribution in [-0.4, -0.2) is 34.8 Å². The fraction of sp³-hybridized carbons (Fsp3) is 0.261. The van der Waals surface area contributed by atoms with Gasteiger partial charge in [-0.2, -0.15) is 13.2 Å². The van der Waals surface area contributed by atoms with Crippen molar-refractivity contribution in [2.75, 3.05) is 18.4 Å². The Hall–Kier alpha value is -3.20. The second-order valence-corrected chi connectivity index (χ2v) is 8.38. The quantitative estimate of drug-likeness (QED) is 0.567. The summed E-state index contributed by atoms with van der Waals surface area (Å²) in [6, 6.07) is 11.6. The number of thiazole rings is 1. The molecule has 0 bridgehead atoms. The van der Waals surface area contributed by atoms with Crippen LogP contribution in [0, 0.1) is 0 Å². The minimum Gasteiger partial charge on any atom is -0.339 e. The van der Waals surface area contributed by atoms with E-state index in [2.05, 4.69) is 10.3 Å². The molecule has 0 saturated carbocycles. The molecule has 1 aromatic heterocycles. The molecule has 2 aromatic carbocycles. The predicted molar refractivity (Wildman–Crippen MR) is 116 cm³/mol. The summed E-state index contributed by atoms with van der Waals surface area (Å²) in [5, 5.41) is 5.03. The maximum absolute atomic E-state index is 12.7. The highest BCUT2D eigenvalue weighted by molar-refractivity contribution is 7.13. The topological polar surface area (TPSA) is 62.3 Å². The van der Waals surface area contributed by atoms with E-state index in [0.29, 0.717) is 27.5 Å². The number of aromatic nitrogens is 1. The zero-order valence-corrected chi connectivity index (χ0v) is 17.8. The number of carbonyl (C=O) groups is 2. The second kappa shape index (κ2) is 9.12. The third-order valence-corrected chi connectivity index (χ3v) is 6.08. The van der Waals surface area contributed by atoms with Crippen LogP contribution >= 0.6 is 11.3 Å². The van der Waals surface area contributed by atoms with E-state index in [1.54, 1.807) is 34.5 Å². The van der Waals surface area contributed by atoms with Gasteiger partial charge in [0.05, 0.1) is 17.7 Å². The molecule has 0 radical (unpaired) electrons. The molecule has 0 atom stereocenters. The van der Waals surface area contributed by atoms with Gasteiger partial charge in [-0.3, -0.25) is 9.59 Å². The third-order valence-electron chi connectivity index (χ3n) is 5.14. The van der Waals surface area contributed by atoms with Crippen molar-refractivity contribution in [3.63, 3.8) is 0 Å². The van der Waals surface area contributed by atoms with Gasteiger partial charge in [-0.25, -0.2) is 4.98 Å².